The summed E-state index contributed by atoms with van der Waals surface area (Å²) in [6, 6.07) is 8.44. The molecule has 2 rings (SSSR count). The highest BCUT2D eigenvalue weighted by Crippen LogP contribution is 2.27. The Hall–Kier alpha value is -2.27. The molecule has 0 atom stereocenters. The number of aromatic nitrogens is 1. The molecule has 1 aromatic carbocycles. The lowest BCUT2D eigenvalue weighted by Gasteiger charge is -2.10. The second kappa shape index (κ2) is 6.25. The molecule has 2 aromatic rings. The first-order valence-electron chi connectivity index (χ1n) is 5.92. The van der Waals surface area contributed by atoms with Gasteiger partial charge in [-0.25, -0.2) is 0 Å². The molecule has 0 bridgehead atoms. The molecule has 0 unspecified atom stereocenters. The fraction of sp³-hybridized carbons (Fsp3) is 0.143. The van der Waals surface area contributed by atoms with Crippen LogP contribution in [0.25, 0.3) is 0 Å². The number of benzene rings is 1. The number of hydrogen-bond acceptors (Lipinski definition) is 4. The maximum absolute atomic E-state index is 12.0. The minimum absolute atomic E-state index is 0.149. The van der Waals surface area contributed by atoms with E-state index in [1.807, 2.05) is 0 Å². The van der Waals surface area contributed by atoms with E-state index in [-0.39, 0.29) is 12.3 Å². The van der Waals surface area contributed by atoms with Crippen molar-refractivity contribution in [2.45, 2.75) is 6.42 Å². The van der Waals surface area contributed by atoms with Crippen LogP contribution in [-0.2, 0) is 11.2 Å². The summed E-state index contributed by atoms with van der Waals surface area (Å²) in [5.41, 5.74) is 7.27. The topological polar surface area (TPSA) is 77.2 Å². The summed E-state index contributed by atoms with van der Waals surface area (Å²) >= 11 is 5.90. The van der Waals surface area contributed by atoms with Gasteiger partial charge in [-0.3, -0.25) is 9.78 Å². The lowest BCUT2D eigenvalue weighted by Crippen LogP contribution is -2.15. The van der Waals surface area contributed by atoms with Crippen LogP contribution >= 0.6 is 11.6 Å². The minimum atomic E-state index is -0.206. The number of nitrogens with one attached hydrogen (secondary N) is 1. The molecule has 0 saturated heterocycles. The number of nitrogens with two attached hydrogens (primary N) is 1. The molecule has 0 aliphatic carbocycles. The van der Waals surface area contributed by atoms with Crippen LogP contribution in [0.5, 0.6) is 5.75 Å². The molecule has 5 nitrogen and oxygen atoms in total. The van der Waals surface area contributed by atoms with Crippen LogP contribution in [0.1, 0.15) is 5.69 Å². The van der Waals surface area contributed by atoms with Crippen LogP contribution in [0.15, 0.2) is 36.5 Å². The van der Waals surface area contributed by atoms with Crippen molar-refractivity contribution < 1.29 is 9.53 Å². The van der Waals surface area contributed by atoms with E-state index in [1.54, 1.807) is 30.3 Å². The van der Waals surface area contributed by atoms with Gasteiger partial charge in [0, 0.05) is 10.7 Å². The SMILES string of the molecule is COc1ccc(Cl)cc1NC(=O)Cc1ccc(N)cn1. The van der Waals surface area contributed by atoms with E-state index < -0.39 is 0 Å². The fourth-order valence-corrected chi connectivity index (χ4v) is 1.85. The molecule has 1 aromatic heterocycles. The van der Waals surface area contributed by atoms with Crippen molar-refractivity contribution in [3.05, 3.63) is 47.2 Å². The molecule has 0 aliphatic rings. The number of hydrogen-bond donors (Lipinski definition) is 2. The van der Waals surface area contributed by atoms with Crippen LogP contribution in [-0.4, -0.2) is 18.0 Å². The molecular weight excluding hydrogens is 278 g/mol. The van der Waals surface area contributed by atoms with E-state index in [1.165, 1.54) is 13.3 Å². The van der Waals surface area contributed by atoms with Gasteiger partial charge in [-0.2, -0.15) is 0 Å². The van der Waals surface area contributed by atoms with Crippen molar-refractivity contribution in [2.75, 3.05) is 18.2 Å². The number of nitrogen functional groups attached to an aromatic ring is 1. The number of rotatable bonds is 4. The second-order valence-corrected chi connectivity index (χ2v) is 4.59. The summed E-state index contributed by atoms with van der Waals surface area (Å²) in [5.74, 6) is 0.343. The minimum Gasteiger partial charge on any atom is -0.495 e. The van der Waals surface area contributed by atoms with Crippen molar-refractivity contribution in [1.82, 2.24) is 4.98 Å². The standard InChI is InChI=1S/C14H14ClN3O2/c1-20-13-5-2-9(15)6-12(13)18-14(19)7-11-4-3-10(16)8-17-11/h2-6,8H,7,16H2,1H3,(H,18,19). The largest absolute Gasteiger partial charge is 0.495 e. The monoisotopic (exact) mass is 291 g/mol. The van der Waals surface area contributed by atoms with Crippen LogP contribution in [0.3, 0.4) is 0 Å². The summed E-state index contributed by atoms with van der Waals surface area (Å²) in [5, 5.41) is 3.27. The molecule has 0 saturated carbocycles. The number of pyridine rings is 1. The molecule has 0 aliphatic heterocycles. The Labute approximate surface area is 121 Å². The first-order chi connectivity index (χ1) is 9.58. The van der Waals surface area contributed by atoms with Crippen molar-refractivity contribution >= 4 is 28.9 Å². The Morgan fingerprint density at radius 1 is 1.40 bits per heavy atom. The zero-order valence-electron chi connectivity index (χ0n) is 10.9. The predicted molar refractivity (Wildman–Crippen MR) is 79.0 cm³/mol. The van der Waals surface area contributed by atoms with Gasteiger partial charge >= 0.3 is 0 Å². The quantitative estimate of drug-likeness (QED) is 0.907. The van der Waals surface area contributed by atoms with E-state index >= 15 is 0 Å². The van der Waals surface area contributed by atoms with E-state index in [0.717, 1.165) is 0 Å². The molecule has 1 heterocycles. The zero-order chi connectivity index (χ0) is 14.5. The summed E-state index contributed by atoms with van der Waals surface area (Å²) < 4.78 is 5.16. The maximum Gasteiger partial charge on any atom is 0.230 e. The molecule has 3 N–H and O–H groups in total. The molecule has 0 radical (unpaired) electrons. The molecular formula is C14H14ClN3O2. The number of carbonyl (C=O) groups excluding carboxylic acids is 1. The summed E-state index contributed by atoms with van der Waals surface area (Å²) in [6.45, 7) is 0. The van der Waals surface area contributed by atoms with Crippen molar-refractivity contribution in [3.8, 4) is 5.75 Å². The number of methoxy groups -OCH3 is 1. The number of ether oxygens (including phenoxy) is 1. The van der Waals surface area contributed by atoms with Crippen LogP contribution < -0.4 is 15.8 Å². The average Bonchev–Trinajstić information content (AvgIpc) is 2.41. The van der Waals surface area contributed by atoms with Gasteiger partial charge in [0.1, 0.15) is 5.75 Å². The fourth-order valence-electron chi connectivity index (χ4n) is 1.68. The van der Waals surface area contributed by atoms with Gasteiger partial charge < -0.3 is 15.8 Å². The first-order valence-corrected chi connectivity index (χ1v) is 6.30. The highest BCUT2D eigenvalue weighted by Gasteiger charge is 2.09. The third-order valence-electron chi connectivity index (χ3n) is 2.62. The smallest absolute Gasteiger partial charge is 0.230 e. The van der Waals surface area contributed by atoms with E-state index in [9.17, 15) is 4.79 Å². The highest BCUT2D eigenvalue weighted by molar-refractivity contribution is 6.31. The number of halogens is 1. The van der Waals surface area contributed by atoms with Crippen molar-refractivity contribution in [1.29, 1.82) is 0 Å². The molecule has 6 heteroatoms. The molecule has 0 fully saturated rings. The van der Waals surface area contributed by atoms with Crippen molar-refractivity contribution in [2.24, 2.45) is 0 Å². The molecule has 20 heavy (non-hydrogen) atoms. The van der Waals surface area contributed by atoms with E-state index in [4.69, 9.17) is 22.1 Å². The van der Waals surface area contributed by atoms with Gasteiger partial charge in [0.25, 0.3) is 0 Å². The number of anilines is 2. The van der Waals surface area contributed by atoms with Crippen molar-refractivity contribution in [3.63, 3.8) is 0 Å². The van der Waals surface area contributed by atoms with Gasteiger partial charge in [-0.15, -0.1) is 0 Å². The van der Waals surface area contributed by atoms with E-state index in [0.29, 0.717) is 27.8 Å². The summed E-state index contributed by atoms with van der Waals surface area (Å²) in [6.07, 6.45) is 1.67. The first kappa shape index (κ1) is 14.1. The number of amides is 1. The Bertz CT molecular complexity index is 614. The number of nitrogens with zero attached hydrogens (tertiary/aromatic N) is 1. The third kappa shape index (κ3) is 3.61. The van der Waals surface area contributed by atoms with Gasteiger partial charge in [0.05, 0.1) is 31.1 Å². The van der Waals surface area contributed by atoms with Gasteiger partial charge in [0.15, 0.2) is 0 Å². The molecule has 104 valence electrons. The summed E-state index contributed by atoms with van der Waals surface area (Å²) in [4.78, 5) is 16.0. The second-order valence-electron chi connectivity index (χ2n) is 4.15. The predicted octanol–water partition coefficient (Wildman–Crippen LogP) is 2.51. The Balaban J connectivity index is 2.08. The third-order valence-corrected chi connectivity index (χ3v) is 2.86. The average molecular weight is 292 g/mol. The highest BCUT2D eigenvalue weighted by atomic mass is 35.5. The Kier molecular flexibility index (Phi) is 4.42. The number of carbonyl (C=O) groups is 1. The molecule has 1 amide bonds. The Morgan fingerprint density at radius 2 is 2.20 bits per heavy atom. The lowest BCUT2D eigenvalue weighted by molar-refractivity contribution is -0.115. The Morgan fingerprint density at radius 3 is 2.85 bits per heavy atom. The summed E-state index contributed by atoms with van der Waals surface area (Å²) in [7, 11) is 1.53. The van der Waals surface area contributed by atoms with Gasteiger partial charge in [-0.1, -0.05) is 11.6 Å². The normalized spacial score (nSPS) is 10.1. The van der Waals surface area contributed by atoms with Crippen LogP contribution in [0.4, 0.5) is 11.4 Å². The van der Waals surface area contributed by atoms with Gasteiger partial charge in [0.2, 0.25) is 5.91 Å². The zero-order valence-corrected chi connectivity index (χ0v) is 11.6. The lowest BCUT2D eigenvalue weighted by atomic mass is 10.2. The van der Waals surface area contributed by atoms with E-state index in [2.05, 4.69) is 10.3 Å². The van der Waals surface area contributed by atoms with Crippen LogP contribution in [0.2, 0.25) is 5.02 Å². The van der Waals surface area contributed by atoms with Crippen LogP contribution in [0, 0.1) is 0 Å². The molecule has 0 spiro atoms. The van der Waals surface area contributed by atoms with Gasteiger partial charge in [-0.05, 0) is 30.3 Å². The maximum atomic E-state index is 12.0.